The number of rotatable bonds is 7. The third-order valence-corrected chi connectivity index (χ3v) is 7.96. The molecule has 35 heavy (non-hydrogen) atoms. The lowest BCUT2D eigenvalue weighted by Gasteiger charge is -2.58. The number of halogens is 1. The largest absolute Gasteiger partial charge is 1.00 e. The Balaban J connectivity index is 0.00000289. The van der Waals surface area contributed by atoms with E-state index in [0.29, 0.717) is 22.9 Å². The zero-order valence-corrected chi connectivity index (χ0v) is 20.5. The van der Waals surface area contributed by atoms with Gasteiger partial charge in [-0.25, -0.2) is 0 Å². The van der Waals surface area contributed by atoms with Crippen molar-refractivity contribution in [1.82, 2.24) is 4.98 Å². The Morgan fingerprint density at radius 3 is 2.89 bits per heavy atom. The topological polar surface area (TPSA) is 85.5 Å². The molecule has 8 heteroatoms. The number of pyridine rings is 1. The molecule has 3 aliphatic rings. The van der Waals surface area contributed by atoms with Crippen LogP contribution in [0.1, 0.15) is 30.1 Å². The van der Waals surface area contributed by atoms with Gasteiger partial charge in [0.15, 0.2) is 0 Å². The van der Waals surface area contributed by atoms with Crippen LogP contribution in [0.4, 0.5) is 5.69 Å². The summed E-state index contributed by atoms with van der Waals surface area (Å²) in [6, 6.07) is 14.5. The number of piperidine rings is 3. The minimum atomic E-state index is -0.690. The van der Waals surface area contributed by atoms with Crippen LogP contribution in [0.2, 0.25) is 0 Å². The van der Waals surface area contributed by atoms with Gasteiger partial charge in [0.1, 0.15) is 24.4 Å². The van der Waals surface area contributed by atoms with E-state index >= 15 is 0 Å². The number of aliphatic hydroxyl groups excluding tert-OH is 1. The molecule has 3 fully saturated rings. The molecule has 4 unspecified atom stereocenters. The van der Waals surface area contributed by atoms with Crippen LogP contribution < -0.4 is 17.1 Å². The second-order valence-corrected chi connectivity index (χ2v) is 9.69. The summed E-state index contributed by atoms with van der Waals surface area (Å²) in [6.45, 7) is 6.54. The van der Waals surface area contributed by atoms with E-state index in [1.807, 2.05) is 30.3 Å². The number of methoxy groups -OCH3 is 1. The zero-order valence-electron chi connectivity index (χ0n) is 19.7. The Labute approximate surface area is 211 Å². The SMILES string of the molecule is C=CC1C[N+]2(Cc3cccc([N+](=O)[O-])c3)CCC1CC2[C@H](O)c1ccnc2ccc(OC)cc12.[Cl-]. The van der Waals surface area contributed by atoms with E-state index in [1.54, 1.807) is 25.4 Å². The lowest BCUT2D eigenvalue weighted by atomic mass is 9.71. The summed E-state index contributed by atoms with van der Waals surface area (Å²) in [5.74, 6) is 1.60. The van der Waals surface area contributed by atoms with E-state index in [0.717, 1.165) is 53.7 Å². The first-order valence-electron chi connectivity index (χ1n) is 11.8. The van der Waals surface area contributed by atoms with Gasteiger partial charge in [-0.1, -0.05) is 18.2 Å². The van der Waals surface area contributed by atoms with Gasteiger partial charge < -0.3 is 26.7 Å². The van der Waals surface area contributed by atoms with Gasteiger partial charge in [0, 0.05) is 48.0 Å². The Hall–Kier alpha value is -3.00. The maximum Gasteiger partial charge on any atom is 0.269 e. The number of non-ortho nitro benzene ring substituents is 1. The quantitative estimate of drug-likeness (QED) is 0.234. The molecule has 0 aliphatic carbocycles. The normalized spacial score (nSPS) is 26.1. The Morgan fingerprint density at radius 2 is 2.14 bits per heavy atom. The highest BCUT2D eigenvalue weighted by Crippen LogP contribution is 2.48. The molecule has 184 valence electrons. The first-order chi connectivity index (χ1) is 16.4. The average molecular weight is 496 g/mol. The maximum absolute atomic E-state index is 11.9. The molecule has 3 saturated heterocycles. The van der Waals surface area contributed by atoms with E-state index in [-0.39, 0.29) is 29.1 Å². The van der Waals surface area contributed by atoms with Gasteiger partial charge in [0.05, 0.1) is 30.6 Å². The highest BCUT2D eigenvalue weighted by molar-refractivity contribution is 5.83. The van der Waals surface area contributed by atoms with Gasteiger partial charge in [-0.15, -0.1) is 6.58 Å². The molecule has 0 amide bonds. The number of nitro groups is 1. The molecule has 4 heterocycles. The summed E-state index contributed by atoms with van der Waals surface area (Å²) < 4.78 is 6.13. The van der Waals surface area contributed by atoms with E-state index in [4.69, 9.17) is 4.74 Å². The minimum Gasteiger partial charge on any atom is -1.00 e. The first-order valence-corrected chi connectivity index (χ1v) is 11.8. The summed E-state index contributed by atoms with van der Waals surface area (Å²) in [6.07, 6.45) is 5.08. The number of benzene rings is 2. The fourth-order valence-electron chi connectivity index (χ4n) is 6.25. The number of fused-ring (bicyclic) bond motifs is 4. The number of nitro benzene ring substituents is 1. The van der Waals surface area contributed by atoms with E-state index in [9.17, 15) is 15.2 Å². The average Bonchev–Trinajstić information content (AvgIpc) is 2.87. The van der Waals surface area contributed by atoms with Crippen LogP contribution in [0.15, 0.2) is 67.4 Å². The maximum atomic E-state index is 11.9. The molecule has 0 spiro atoms. The predicted octanol–water partition coefficient (Wildman–Crippen LogP) is 1.80. The number of hydrogen-bond donors (Lipinski definition) is 1. The van der Waals surface area contributed by atoms with E-state index in [1.165, 1.54) is 6.07 Å². The number of aliphatic hydroxyl groups is 1. The molecule has 3 aromatic rings. The zero-order chi connectivity index (χ0) is 23.9. The van der Waals surface area contributed by atoms with Crippen molar-refractivity contribution in [3.8, 4) is 5.75 Å². The van der Waals surface area contributed by atoms with E-state index < -0.39 is 6.10 Å². The van der Waals surface area contributed by atoms with E-state index in [2.05, 4.69) is 17.6 Å². The summed E-state index contributed by atoms with van der Waals surface area (Å²) in [4.78, 5) is 15.5. The smallest absolute Gasteiger partial charge is 0.269 e. The van der Waals surface area contributed by atoms with Crippen LogP contribution in [0.3, 0.4) is 0 Å². The molecular formula is C27H30ClN3O4. The van der Waals surface area contributed by atoms with Gasteiger partial charge in [0.2, 0.25) is 0 Å². The van der Waals surface area contributed by atoms with Gasteiger partial charge in [0.25, 0.3) is 5.69 Å². The van der Waals surface area contributed by atoms with Crippen LogP contribution in [-0.4, -0.2) is 45.7 Å². The molecule has 7 nitrogen and oxygen atoms in total. The molecule has 5 atom stereocenters. The number of quaternary nitrogens is 1. The third-order valence-electron chi connectivity index (χ3n) is 7.96. The van der Waals surface area contributed by atoms with Crippen molar-refractivity contribution >= 4 is 16.6 Å². The number of nitrogens with zero attached hydrogens (tertiary/aromatic N) is 3. The van der Waals surface area contributed by atoms with Crippen molar-refractivity contribution < 1.29 is 31.7 Å². The van der Waals surface area contributed by atoms with Crippen molar-refractivity contribution in [2.24, 2.45) is 11.8 Å². The van der Waals surface area contributed by atoms with Crippen LogP contribution in [0.5, 0.6) is 5.75 Å². The number of aromatic nitrogens is 1. The summed E-state index contributed by atoms with van der Waals surface area (Å²) in [5.41, 5.74) is 2.71. The van der Waals surface area contributed by atoms with Crippen molar-refractivity contribution in [3.63, 3.8) is 0 Å². The highest BCUT2D eigenvalue weighted by atomic mass is 35.5. The van der Waals surface area contributed by atoms with Crippen LogP contribution in [0.25, 0.3) is 10.9 Å². The molecule has 2 aromatic carbocycles. The van der Waals surface area contributed by atoms with Gasteiger partial charge >= 0.3 is 0 Å². The number of hydrogen-bond acceptors (Lipinski definition) is 5. The summed E-state index contributed by atoms with van der Waals surface area (Å²) in [7, 11) is 1.63. The van der Waals surface area contributed by atoms with Gasteiger partial charge in [-0.2, -0.15) is 0 Å². The van der Waals surface area contributed by atoms with Crippen molar-refractivity contribution in [2.45, 2.75) is 31.5 Å². The molecule has 3 aliphatic heterocycles. The monoisotopic (exact) mass is 495 g/mol. The molecule has 0 radical (unpaired) electrons. The summed E-state index contributed by atoms with van der Waals surface area (Å²) >= 11 is 0. The summed E-state index contributed by atoms with van der Waals surface area (Å²) in [5, 5.41) is 24.1. The molecule has 6 rings (SSSR count). The van der Waals surface area contributed by atoms with Gasteiger partial charge in [-0.05, 0) is 35.7 Å². The number of ether oxygens (including phenoxy) is 1. The second kappa shape index (κ2) is 9.93. The Kier molecular flexibility index (Phi) is 7.12. The Morgan fingerprint density at radius 1 is 1.31 bits per heavy atom. The van der Waals surface area contributed by atoms with Crippen molar-refractivity contribution in [1.29, 1.82) is 0 Å². The van der Waals surface area contributed by atoms with Crippen LogP contribution in [-0.2, 0) is 6.54 Å². The Bertz CT molecular complexity index is 1250. The molecule has 1 N–H and O–H groups in total. The fourth-order valence-corrected chi connectivity index (χ4v) is 6.25. The third kappa shape index (κ3) is 4.51. The lowest BCUT2D eigenvalue weighted by molar-refractivity contribution is -0.984. The molecule has 1 aromatic heterocycles. The highest BCUT2D eigenvalue weighted by Gasteiger charge is 2.54. The molecule has 0 saturated carbocycles. The molecule has 2 bridgehead atoms. The second-order valence-electron chi connectivity index (χ2n) is 9.69. The first kappa shape index (κ1) is 25.1. The van der Waals surface area contributed by atoms with Gasteiger partial charge in [-0.3, -0.25) is 15.1 Å². The minimum absolute atomic E-state index is 0. The van der Waals surface area contributed by atoms with Crippen molar-refractivity contribution in [3.05, 3.63) is 88.6 Å². The van der Waals surface area contributed by atoms with Crippen LogP contribution >= 0.6 is 0 Å². The van der Waals surface area contributed by atoms with Crippen LogP contribution in [0, 0.1) is 22.0 Å². The molecular weight excluding hydrogens is 466 g/mol. The predicted molar refractivity (Wildman–Crippen MR) is 130 cm³/mol. The van der Waals surface area contributed by atoms with Crippen molar-refractivity contribution in [2.75, 3.05) is 20.2 Å². The lowest BCUT2D eigenvalue weighted by Crippen LogP contribution is -3.00. The fraction of sp³-hybridized carbons (Fsp3) is 0.370. The standard InChI is InChI=1S/C27H30N3O4.ClH/c1-3-19-17-30(16-18-5-4-6-21(13-18)29(32)33)12-10-20(19)14-26(30)27(31)23-9-11-28-25-8-7-22(34-2)15-24(23)25;/h3-9,11,13,15,19-20,26-27,31H,1,10,12,14,16-17H2,2H3;1H/q+1;/p-1/t19?,20?,26?,27-,30?;/m1./s1.